The summed E-state index contributed by atoms with van der Waals surface area (Å²) < 4.78 is 10.1. The van der Waals surface area contributed by atoms with Gasteiger partial charge in [0.15, 0.2) is 0 Å². The van der Waals surface area contributed by atoms with Gasteiger partial charge in [0.05, 0.1) is 19.3 Å². The molecule has 0 fully saturated rings. The summed E-state index contributed by atoms with van der Waals surface area (Å²) in [6.45, 7) is 5.07. The summed E-state index contributed by atoms with van der Waals surface area (Å²) >= 11 is 0. The Labute approximate surface area is 74.7 Å². The number of aliphatic hydroxyl groups is 1. The molecule has 0 amide bonds. The second-order valence-corrected chi connectivity index (χ2v) is 2.86. The number of ether oxygens (including phenoxy) is 2. The van der Waals surface area contributed by atoms with Gasteiger partial charge in [-0.1, -0.05) is 19.8 Å². The molecule has 0 saturated carbocycles. The van der Waals surface area contributed by atoms with Crippen molar-refractivity contribution in [3.05, 3.63) is 0 Å². The van der Waals surface area contributed by atoms with Gasteiger partial charge in [-0.05, 0) is 13.3 Å². The minimum Gasteiger partial charge on any atom is -0.376 e. The molecule has 0 aromatic rings. The van der Waals surface area contributed by atoms with Gasteiger partial charge in [-0.15, -0.1) is 0 Å². The number of rotatable bonds is 8. The summed E-state index contributed by atoms with van der Waals surface area (Å²) in [7, 11) is 0. The molecule has 0 bridgehead atoms. The third-order valence-corrected chi connectivity index (χ3v) is 1.69. The lowest BCUT2D eigenvalue weighted by molar-refractivity contribution is -0.0435. The molecule has 0 aliphatic heterocycles. The SMILES string of the molecule is CCCCC(C)OCCOCO. The highest BCUT2D eigenvalue weighted by Crippen LogP contribution is 2.03. The van der Waals surface area contributed by atoms with Gasteiger partial charge in [0, 0.05) is 0 Å². The Hall–Kier alpha value is -0.120. The molecule has 0 aliphatic rings. The van der Waals surface area contributed by atoms with E-state index in [0.717, 1.165) is 6.42 Å². The highest BCUT2D eigenvalue weighted by Gasteiger charge is 1.99. The van der Waals surface area contributed by atoms with Crippen LogP contribution in [0.3, 0.4) is 0 Å². The van der Waals surface area contributed by atoms with Crippen LogP contribution in [0, 0.1) is 0 Å². The van der Waals surface area contributed by atoms with Crippen molar-refractivity contribution in [2.24, 2.45) is 0 Å². The highest BCUT2D eigenvalue weighted by atomic mass is 16.6. The molecule has 1 atom stereocenters. The Bertz CT molecular complexity index is 85.8. The van der Waals surface area contributed by atoms with Crippen LogP contribution in [0.5, 0.6) is 0 Å². The van der Waals surface area contributed by atoms with Gasteiger partial charge in [0.25, 0.3) is 0 Å². The summed E-state index contributed by atoms with van der Waals surface area (Å²) in [6, 6.07) is 0. The monoisotopic (exact) mass is 176 g/mol. The van der Waals surface area contributed by atoms with Crippen molar-refractivity contribution < 1.29 is 14.6 Å². The molecule has 3 nitrogen and oxygen atoms in total. The van der Waals surface area contributed by atoms with E-state index in [1.807, 2.05) is 0 Å². The zero-order valence-electron chi connectivity index (χ0n) is 8.08. The minimum absolute atomic E-state index is 0.216. The topological polar surface area (TPSA) is 38.7 Å². The first-order valence-corrected chi connectivity index (χ1v) is 4.61. The molecule has 1 N–H and O–H groups in total. The number of hydrogen-bond donors (Lipinski definition) is 1. The number of aliphatic hydroxyl groups excluding tert-OH is 1. The quantitative estimate of drug-likeness (QED) is 0.450. The van der Waals surface area contributed by atoms with Gasteiger partial charge in [-0.3, -0.25) is 0 Å². The van der Waals surface area contributed by atoms with Crippen molar-refractivity contribution in [2.75, 3.05) is 20.0 Å². The molecular formula is C9H20O3. The fourth-order valence-corrected chi connectivity index (χ4v) is 0.948. The maximum absolute atomic E-state index is 8.30. The Morgan fingerprint density at radius 1 is 1.33 bits per heavy atom. The van der Waals surface area contributed by atoms with Crippen LogP contribution in [0.4, 0.5) is 0 Å². The lowest BCUT2D eigenvalue weighted by Gasteiger charge is -2.11. The van der Waals surface area contributed by atoms with Crippen molar-refractivity contribution in [1.82, 2.24) is 0 Å². The maximum atomic E-state index is 8.30. The van der Waals surface area contributed by atoms with Crippen LogP contribution in [-0.4, -0.2) is 31.2 Å². The van der Waals surface area contributed by atoms with Crippen LogP contribution in [0.15, 0.2) is 0 Å². The second kappa shape index (κ2) is 8.97. The molecule has 0 radical (unpaired) electrons. The Balaban J connectivity index is 3.02. The lowest BCUT2D eigenvalue weighted by atomic mass is 10.2. The average Bonchev–Trinajstić information content (AvgIpc) is 2.09. The van der Waals surface area contributed by atoms with Crippen molar-refractivity contribution in [1.29, 1.82) is 0 Å². The fourth-order valence-electron chi connectivity index (χ4n) is 0.948. The minimum atomic E-state index is -0.216. The molecule has 0 aliphatic carbocycles. The highest BCUT2D eigenvalue weighted by molar-refractivity contribution is 4.49. The standard InChI is InChI=1S/C9H20O3/c1-3-4-5-9(2)12-7-6-11-8-10/h9-10H,3-8H2,1-2H3. The summed E-state index contributed by atoms with van der Waals surface area (Å²) in [5.41, 5.74) is 0. The molecule has 0 heterocycles. The Morgan fingerprint density at radius 3 is 2.67 bits per heavy atom. The predicted octanol–water partition coefficient (Wildman–Crippen LogP) is 1.55. The molecule has 12 heavy (non-hydrogen) atoms. The van der Waals surface area contributed by atoms with Crippen molar-refractivity contribution in [2.45, 2.75) is 39.2 Å². The number of unbranched alkanes of at least 4 members (excludes halogenated alkanes) is 1. The smallest absolute Gasteiger partial charge is 0.143 e. The molecule has 0 aromatic carbocycles. The van der Waals surface area contributed by atoms with E-state index in [1.54, 1.807) is 0 Å². The van der Waals surface area contributed by atoms with Crippen LogP contribution in [0.2, 0.25) is 0 Å². The fraction of sp³-hybridized carbons (Fsp3) is 1.00. The van der Waals surface area contributed by atoms with Gasteiger partial charge >= 0.3 is 0 Å². The molecule has 3 heteroatoms. The van der Waals surface area contributed by atoms with E-state index in [2.05, 4.69) is 13.8 Å². The van der Waals surface area contributed by atoms with Crippen molar-refractivity contribution >= 4 is 0 Å². The van der Waals surface area contributed by atoms with Crippen LogP contribution >= 0.6 is 0 Å². The van der Waals surface area contributed by atoms with E-state index in [9.17, 15) is 0 Å². The summed E-state index contributed by atoms with van der Waals surface area (Å²) in [6.07, 6.45) is 3.84. The average molecular weight is 176 g/mol. The zero-order valence-corrected chi connectivity index (χ0v) is 8.08. The molecule has 74 valence electrons. The third-order valence-electron chi connectivity index (χ3n) is 1.69. The Morgan fingerprint density at radius 2 is 2.08 bits per heavy atom. The lowest BCUT2D eigenvalue weighted by Crippen LogP contribution is -2.13. The molecule has 0 saturated heterocycles. The van der Waals surface area contributed by atoms with Crippen molar-refractivity contribution in [3.8, 4) is 0 Å². The van der Waals surface area contributed by atoms with Crippen LogP contribution in [0.1, 0.15) is 33.1 Å². The van der Waals surface area contributed by atoms with E-state index in [0.29, 0.717) is 19.3 Å². The first kappa shape index (κ1) is 11.9. The molecule has 0 spiro atoms. The van der Waals surface area contributed by atoms with Crippen LogP contribution in [0.25, 0.3) is 0 Å². The summed E-state index contributed by atoms with van der Waals surface area (Å²) in [5, 5.41) is 8.30. The van der Waals surface area contributed by atoms with Gasteiger partial charge < -0.3 is 14.6 Å². The summed E-state index contributed by atoms with van der Waals surface area (Å²) in [4.78, 5) is 0. The summed E-state index contributed by atoms with van der Waals surface area (Å²) in [5.74, 6) is 0. The number of hydrogen-bond acceptors (Lipinski definition) is 3. The predicted molar refractivity (Wildman–Crippen MR) is 48.0 cm³/mol. The van der Waals surface area contributed by atoms with Gasteiger partial charge in [-0.25, -0.2) is 0 Å². The van der Waals surface area contributed by atoms with E-state index < -0.39 is 0 Å². The van der Waals surface area contributed by atoms with Crippen LogP contribution in [-0.2, 0) is 9.47 Å². The molecule has 1 unspecified atom stereocenters. The third kappa shape index (κ3) is 7.98. The second-order valence-electron chi connectivity index (χ2n) is 2.86. The largest absolute Gasteiger partial charge is 0.376 e. The van der Waals surface area contributed by atoms with E-state index >= 15 is 0 Å². The maximum Gasteiger partial charge on any atom is 0.143 e. The van der Waals surface area contributed by atoms with Gasteiger partial charge in [0.2, 0.25) is 0 Å². The van der Waals surface area contributed by atoms with Crippen LogP contribution < -0.4 is 0 Å². The van der Waals surface area contributed by atoms with E-state index in [1.165, 1.54) is 12.8 Å². The molecule has 0 aromatic heterocycles. The zero-order chi connectivity index (χ0) is 9.23. The van der Waals surface area contributed by atoms with E-state index in [-0.39, 0.29) is 6.79 Å². The molecular weight excluding hydrogens is 156 g/mol. The first-order chi connectivity index (χ1) is 5.81. The van der Waals surface area contributed by atoms with Crippen molar-refractivity contribution in [3.63, 3.8) is 0 Å². The first-order valence-electron chi connectivity index (χ1n) is 4.61. The Kier molecular flexibility index (Phi) is 8.88. The molecule has 0 rings (SSSR count). The normalized spacial score (nSPS) is 13.2. The van der Waals surface area contributed by atoms with Gasteiger partial charge in [-0.2, -0.15) is 0 Å². The van der Waals surface area contributed by atoms with E-state index in [4.69, 9.17) is 14.6 Å². The van der Waals surface area contributed by atoms with Gasteiger partial charge in [0.1, 0.15) is 6.79 Å².